The van der Waals surface area contributed by atoms with Crippen molar-refractivity contribution in [3.05, 3.63) is 91.1 Å². The number of benzene rings is 2. The van der Waals surface area contributed by atoms with Crippen molar-refractivity contribution >= 4 is 35.0 Å². The number of carbonyl (C=O) groups excluding carboxylic acids is 1. The zero-order valence-corrected chi connectivity index (χ0v) is 17.3. The highest BCUT2D eigenvalue weighted by atomic mass is 35.5. The van der Waals surface area contributed by atoms with Gasteiger partial charge in [0.05, 0.1) is 22.7 Å². The largest absolute Gasteiger partial charge is 0.494 e. The number of hydrazone groups is 1. The number of hydrogen-bond donors (Lipinski definition) is 2. The van der Waals surface area contributed by atoms with Crippen molar-refractivity contribution in [2.45, 2.75) is 13.8 Å². The summed E-state index contributed by atoms with van der Waals surface area (Å²) in [6.07, 6.45) is 1.23. The van der Waals surface area contributed by atoms with Gasteiger partial charge in [-0.05, 0) is 49.8 Å². The Bertz CT molecular complexity index is 1400. The van der Waals surface area contributed by atoms with E-state index in [9.17, 15) is 19.5 Å². The minimum Gasteiger partial charge on any atom is -0.494 e. The van der Waals surface area contributed by atoms with Crippen LogP contribution in [0.3, 0.4) is 0 Å². The molecule has 0 radical (unpaired) electrons. The highest BCUT2D eigenvalue weighted by Crippen LogP contribution is 2.28. The van der Waals surface area contributed by atoms with Crippen LogP contribution in [0.2, 0.25) is 5.02 Å². The van der Waals surface area contributed by atoms with Crippen molar-refractivity contribution in [3.8, 4) is 11.6 Å². The predicted molar refractivity (Wildman–Crippen MR) is 119 cm³/mol. The zero-order valence-electron chi connectivity index (χ0n) is 16.6. The number of anilines is 1. The van der Waals surface area contributed by atoms with Gasteiger partial charge in [-0.3, -0.25) is 14.6 Å². The highest BCUT2D eigenvalue weighted by Gasteiger charge is 2.30. The Morgan fingerprint density at radius 2 is 1.81 bits per heavy atom. The molecule has 4 rings (SSSR count). The third-order valence-electron chi connectivity index (χ3n) is 4.88. The van der Waals surface area contributed by atoms with Crippen molar-refractivity contribution in [1.82, 2.24) is 9.55 Å². The third kappa shape index (κ3) is 3.57. The van der Waals surface area contributed by atoms with Crippen LogP contribution in [0.25, 0.3) is 11.8 Å². The fourth-order valence-electron chi connectivity index (χ4n) is 3.32. The topological polar surface area (TPSA) is 108 Å². The van der Waals surface area contributed by atoms with E-state index in [-0.39, 0.29) is 16.8 Å². The first-order chi connectivity index (χ1) is 14.8. The van der Waals surface area contributed by atoms with E-state index in [1.807, 2.05) is 19.1 Å². The highest BCUT2D eigenvalue weighted by molar-refractivity contribution is 6.32. The number of halogens is 1. The van der Waals surface area contributed by atoms with E-state index >= 15 is 0 Å². The molecule has 0 atom stereocenters. The summed E-state index contributed by atoms with van der Waals surface area (Å²) < 4.78 is 0.907. The summed E-state index contributed by atoms with van der Waals surface area (Å²) in [5.41, 5.74) is 0.300. The van der Waals surface area contributed by atoms with Gasteiger partial charge in [-0.1, -0.05) is 35.9 Å². The number of nitrogens with zero attached hydrogens (tertiary/aromatic N) is 3. The van der Waals surface area contributed by atoms with Gasteiger partial charge in [-0.15, -0.1) is 0 Å². The van der Waals surface area contributed by atoms with Crippen molar-refractivity contribution in [1.29, 1.82) is 0 Å². The molecular weight excluding hydrogens is 420 g/mol. The van der Waals surface area contributed by atoms with E-state index in [1.54, 1.807) is 37.3 Å². The normalized spacial score (nSPS) is 14.9. The van der Waals surface area contributed by atoms with E-state index in [4.69, 9.17) is 11.6 Å². The lowest BCUT2D eigenvalue weighted by molar-refractivity contribution is -0.114. The van der Waals surface area contributed by atoms with Gasteiger partial charge in [0, 0.05) is 5.02 Å². The van der Waals surface area contributed by atoms with Gasteiger partial charge in [0.25, 0.3) is 11.5 Å². The molecule has 0 saturated heterocycles. The summed E-state index contributed by atoms with van der Waals surface area (Å²) in [6.45, 7) is 3.48. The molecule has 0 aliphatic carbocycles. The number of aromatic nitrogens is 2. The van der Waals surface area contributed by atoms with Gasteiger partial charge in [0.15, 0.2) is 0 Å². The SMILES string of the molecule is CC1=NN(c2ccccc2C)C(=O)/C1=C/c1c(O)n(-c2cccc(Cl)c2)c(=O)[nH]c1=O. The molecule has 8 nitrogen and oxygen atoms in total. The molecule has 0 spiro atoms. The lowest BCUT2D eigenvalue weighted by Gasteiger charge is -2.14. The van der Waals surface area contributed by atoms with E-state index in [0.29, 0.717) is 16.4 Å². The number of rotatable bonds is 3. The van der Waals surface area contributed by atoms with Crippen LogP contribution in [0.4, 0.5) is 5.69 Å². The number of nitrogens with one attached hydrogen (secondary N) is 1. The summed E-state index contributed by atoms with van der Waals surface area (Å²) in [7, 11) is 0. The first-order valence-electron chi connectivity index (χ1n) is 9.29. The van der Waals surface area contributed by atoms with Gasteiger partial charge < -0.3 is 5.11 Å². The molecule has 1 aromatic heterocycles. The van der Waals surface area contributed by atoms with Crippen molar-refractivity contribution in [2.24, 2.45) is 5.10 Å². The molecule has 9 heteroatoms. The number of amides is 1. The smallest absolute Gasteiger partial charge is 0.335 e. The Labute approximate surface area is 181 Å². The summed E-state index contributed by atoms with van der Waals surface area (Å²) >= 11 is 5.99. The van der Waals surface area contributed by atoms with Crippen LogP contribution >= 0.6 is 11.6 Å². The van der Waals surface area contributed by atoms with Crippen molar-refractivity contribution in [2.75, 3.05) is 5.01 Å². The van der Waals surface area contributed by atoms with E-state index in [2.05, 4.69) is 10.1 Å². The van der Waals surface area contributed by atoms with E-state index in [1.165, 1.54) is 17.2 Å². The molecule has 0 unspecified atom stereocenters. The minimum atomic E-state index is -0.836. The molecule has 156 valence electrons. The van der Waals surface area contributed by atoms with Gasteiger partial charge in [0.1, 0.15) is 5.56 Å². The van der Waals surface area contributed by atoms with Gasteiger partial charge >= 0.3 is 5.69 Å². The molecule has 2 aromatic carbocycles. The molecule has 1 aliphatic rings. The number of hydrogen-bond acceptors (Lipinski definition) is 5. The Hall–Kier alpha value is -3.91. The van der Waals surface area contributed by atoms with Crippen LogP contribution in [-0.4, -0.2) is 26.3 Å². The van der Waals surface area contributed by atoms with Crippen molar-refractivity contribution in [3.63, 3.8) is 0 Å². The summed E-state index contributed by atoms with van der Waals surface area (Å²) in [4.78, 5) is 40.0. The van der Waals surface area contributed by atoms with Crippen LogP contribution in [0, 0.1) is 6.92 Å². The summed E-state index contributed by atoms with van der Waals surface area (Å²) in [6, 6.07) is 13.5. The maximum absolute atomic E-state index is 13.0. The summed E-state index contributed by atoms with van der Waals surface area (Å²) in [5, 5.41) is 16.6. The lowest BCUT2D eigenvalue weighted by atomic mass is 10.1. The van der Waals surface area contributed by atoms with Crippen LogP contribution < -0.4 is 16.3 Å². The molecule has 0 fully saturated rings. The molecule has 0 saturated carbocycles. The monoisotopic (exact) mass is 436 g/mol. The molecular formula is C22H17ClN4O4. The number of aryl methyl sites for hydroxylation is 1. The first kappa shape index (κ1) is 20.4. The van der Waals surface area contributed by atoms with Crippen LogP contribution in [0.15, 0.2) is 68.8 Å². The third-order valence-corrected chi connectivity index (χ3v) is 5.12. The van der Waals surface area contributed by atoms with Gasteiger partial charge in [0.2, 0.25) is 5.88 Å². The Morgan fingerprint density at radius 1 is 1.06 bits per heavy atom. The molecule has 2 heterocycles. The number of aromatic amines is 1. The van der Waals surface area contributed by atoms with E-state index in [0.717, 1.165) is 10.1 Å². The molecule has 2 N–H and O–H groups in total. The second-order valence-electron chi connectivity index (χ2n) is 6.96. The van der Waals surface area contributed by atoms with Crippen molar-refractivity contribution < 1.29 is 9.90 Å². The Morgan fingerprint density at radius 3 is 2.52 bits per heavy atom. The summed E-state index contributed by atoms with van der Waals surface area (Å²) in [5.74, 6) is -1.07. The Balaban J connectivity index is 1.85. The first-order valence-corrected chi connectivity index (χ1v) is 9.67. The second kappa shape index (κ2) is 7.73. The fraction of sp³-hybridized carbons (Fsp3) is 0.0909. The molecule has 31 heavy (non-hydrogen) atoms. The van der Waals surface area contributed by atoms with Gasteiger partial charge in [-0.25, -0.2) is 9.36 Å². The van der Waals surface area contributed by atoms with E-state index < -0.39 is 23.0 Å². The number of H-pyrrole nitrogens is 1. The maximum Gasteiger partial charge on any atom is 0.335 e. The lowest BCUT2D eigenvalue weighted by Crippen LogP contribution is -2.30. The predicted octanol–water partition coefficient (Wildman–Crippen LogP) is 3.00. The zero-order chi connectivity index (χ0) is 22.3. The maximum atomic E-state index is 13.0. The van der Waals surface area contributed by atoms with Crippen LogP contribution in [0.1, 0.15) is 18.1 Å². The average Bonchev–Trinajstić information content (AvgIpc) is 2.99. The van der Waals surface area contributed by atoms with Gasteiger partial charge in [-0.2, -0.15) is 10.1 Å². The number of carbonyl (C=O) groups is 1. The molecule has 1 amide bonds. The average molecular weight is 437 g/mol. The Kier molecular flexibility index (Phi) is 5.08. The molecule has 3 aromatic rings. The number of aromatic hydroxyl groups is 1. The van der Waals surface area contributed by atoms with Crippen LogP contribution in [-0.2, 0) is 4.79 Å². The number of para-hydroxylation sites is 1. The molecule has 1 aliphatic heterocycles. The molecule has 0 bridgehead atoms. The fourth-order valence-corrected chi connectivity index (χ4v) is 3.50. The van der Waals surface area contributed by atoms with Crippen LogP contribution in [0.5, 0.6) is 5.88 Å². The quantitative estimate of drug-likeness (QED) is 0.615. The standard InChI is InChI=1S/C22H17ClN4O4/c1-12-6-3-4-9-18(12)27-21(30)16(13(2)25-27)11-17-19(28)24-22(31)26(20(17)29)15-8-5-7-14(23)10-15/h3-11,29H,1-2H3,(H,24,28,31)/b16-11+. The minimum absolute atomic E-state index is 0.125. The second-order valence-corrected chi connectivity index (χ2v) is 7.40.